The summed E-state index contributed by atoms with van der Waals surface area (Å²) < 4.78 is 0. The van der Waals surface area contributed by atoms with Gasteiger partial charge >= 0.3 is 0 Å². The lowest BCUT2D eigenvalue weighted by Gasteiger charge is -2.23. The normalized spacial score (nSPS) is 11.7. The molecule has 0 aliphatic rings. The van der Waals surface area contributed by atoms with Gasteiger partial charge in [0.05, 0.1) is 23.2 Å². The molecule has 0 spiro atoms. The SMILES string of the molecule is CSc1ccccc1NC(=O)CN(C)[C@H](C)C(=O)Nc1ccccc1[N+](=O)[O-]. The summed E-state index contributed by atoms with van der Waals surface area (Å²) in [5.74, 6) is -0.691. The van der Waals surface area contributed by atoms with E-state index in [1.54, 1.807) is 24.9 Å². The van der Waals surface area contributed by atoms with Gasteiger partial charge in [-0.05, 0) is 38.4 Å². The van der Waals surface area contributed by atoms with Gasteiger partial charge in [-0.15, -0.1) is 11.8 Å². The zero-order valence-electron chi connectivity index (χ0n) is 15.8. The van der Waals surface area contributed by atoms with Crippen molar-refractivity contribution in [3.05, 3.63) is 58.6 Å². The van der Waals surface area contributed by atoms with Crippen LogP contribution in [0.4, 0.5) is 17.1 Å². The zero-order chi connectivity index (χ0) is 20.7. The third-order valence-corrected chi connectivity index (χ3v) is 4.97. The van der Waals surface area contributed by atoms with Gasteiger partial charge in [-0.25, -0.2) is 0 Å². The molecule has 2 rings (SSSR count). The Morgan fingerprint density at radius 1 is 1.11 bits per heavy atom. The molecule has 2 aromatic rings. The second-order valence-electron chi connectivity index (χ2n) is 6.10. The molecule has 0 aliphatic heterocycles. The third kappa shape index (κ3) is 5.54. The number of amides is 2. The minimum absolute atomic E-state index is 0.00577. The number of nitro groups is 1. The maximum Gasteiger partial charge on any atom is 0.292 e. The highest BCUT2D eigenvalue weighted by Gasteiger charge is 2.23. The first-order valence-electron chi connectivity index (χ1n) is 8.51. The molecule has 0 unspecified atom stereocenters. The second kappa shape index (κ2) is 9.86. The van der Waals surface area contributed by atoms with Crippen molar-refractivity contribution in [3.8, 4) is 0 Å². The number of likely N-dealkylation sites (N-methyl/N-ethyl adjacent to an activating group) is 1. The Balaban J connectivity index is 1.98. The summed E-state index contributed by atoms with van der Waals surface area (Å²) in [6.45, 7) is 1.63. The van der Waals surface area contributed by atoms with E-state index in [2.05, 4.69) is 10.6 Å². The molecule has 0 saturated carbocycles. The van der Waals surface area contributed by atoms with Crippen molar-refractivity contribution in [1.82, 2.24) is 4.90 Å². The molecule has 0 bridgehead atoms. The first kappa shape index (κ1) is 21.4. The molecule has 0 heterocycles. The summed E-state index contributed by atoms with van der Waals surface area (Å²) in [6, 6.07) is 12.7. The fourth-order valence-corrected chi connectivity index (χ4v) is 3.03. The smallest absolute Gasteiger partial charge is 0.292 e. The fraction of sp³-hybridized carbons (Fsp3) is 0.263. The predicted molar refractivity (Wildman–Crippen MR) is 111 cm³/mol. The molecular weight excluding hydrogens is 380 g/mol. The monoisotopic (exact) mass is 402 g/mol. The highest BCUT2D eigenvalue weighted by atomic mass is 32.2. The number of benzene rings is 2. The summed E-state index contributed by atoms with van der Waals surface area (Å²) in [5, 5.41) is 16.5. The first-order valence-corrected chi connectivity index (χ1v) is 9.73. The average molecular weight is 402 g/mol. The summed E-state index contributed by atoms with van der Waals surface area (Å²) in [4.78, 5) is 37.8. The number of carbonyl (C=O) groups excluding carboxylic acids is 2. The van der Waals surface area contributed by atoms with Crippen LogP contribution in [-0.2, 0) is 9.59 Å². The molecule has 1 atom stereocenters. The maximum atomic E-state index is 12.5. The minimum Gasteiger partial charge on any atom is -0.324 e. The third-order valence-electron chi connectivity index (χ3n) is 4.17. The van der Waals surface area contributed by atoms with Crippen LogP contribution in [0.3, 0.4) is 0 Å². The molecule has 148 valence electrons. The molecule has 2 N–H and O–H groups in total. The van der Waals surface area contributed by atoms with Crippen LogP contribution < -0.4 is 10.6 Å². The van der Waals surface area contributed by atoms with Gasteiger partial charge < -0.3 is 10.6 Å². The summed E-state index contributed by atoms with van der Waals surface area (Å²) in [6.07, 6.45) is 1.92. The van der Waals surface area contributed by atoms with Crippen molar-refractivity contribution in [2.45, 2.75) is 17.9 Å². The molecule has 9 heteroatoms. The van der Waals surface area contributed by atoms with Gasteiger partial charge in [-0.3, -0.25) is 24.6 Å². The van der Waals surface area contributed by atoms with Crippen molar-refractivity contribution >= 4 is 40.6 Å². The zero-order valence-corrected chi connectivity index (χ0v) is 16.7. The molecule has 0 saturated heterocycles. The van der Waals surface area contributed by atoms with Crippen LogP contribution in [0.15, 0.2) is 53.4 Å². The largest absolute Gasteiger partial charge is 0.324 e. The molecule has 0 fully saturated rings. The Morgan fingerprint density at radius 2 is 1.71 bits per heavy atom. The van der Waals surface area contributed by atoms with E-state index in [9.17, 15) is 19.7 Å². The van der Waals surface area contributed by atoms with Gasteiger partial charge in [0.25, 0.3) is 5.69 Å². The number of rotatable bonds is 8. The molecule has 0 aliphatic carbocycles. The van der Waals surface area contributed by atoms with E-state index in [1.807, 2.05) is 30.5 Å². The van der Waals surface area contributed by atoms with Gasteiger partial charge in [-0.2, -0.15) is 0 Å². The Labute approximate surface area is 167 Å². The predicted octanol–water partition coefficient (Wildman–Crippen LogP) is 3.21. The highest BCUT2D eigenvalue weighted by Crippen LogP contribution is 2.25. The van der Waals surface area contributed by atoms with Gasteiger partial charge in [0.1, 0.15) is 5.69 Å². The summed E-state index contributed by atoms with van der Waals surface area (Å²) in [5.41, 5.74) is 0.652. The topological polar surface area (TPSA) is 105 Å². The van der Waals surface area contributed by atoms with Gasteiger partial charge in [0, 0.05) is 11.0 Å². The molecule has 2 aromatic carbocycles. The minimum atomic E-state index is -0.665. The molecule has 28 heavy (non-hydrogen) atoms. The van der Waals surface area contributed by atoms with Crippen LogP contribution in [0.5, 0.6) is 0 Å². The molecular formula is C19H22N4O4S. The van der Waals surface area contributed by atoms with Crippen molar-refractivity contribution in [3.63, 3.8) is 0 Å². The maximum absolute atomic E-state index is 12.5. The Kier molecular flexibility index (Phi) is 7.53. The fourth-order valence-electron chi connectivity index (χ4n) is 2.48. The van der Waals surface area contributed by atoms with Gasteiger partial charge in [0.15, 0.2) is 0 Å². The van der Waals surface area contributed by atoms with E-state index in [1.165, 1.54) is 30.0 Å². The van der Waals surface area contributed by atoms with Crippen molar-refractivity contribution in [1.29, 1.82) is 0 Å². The lowest BCUT2D eigenvalue weighted by atomic mass is 10.2. The Hall–Kier alpha value is -2.91. The van der Waals surface area contributed by atoms with Crippen molar-refractivity contribution in [2.24, 2.45) is 0 Å². The number of anilines is 2. The number of hydrogen-bond donors (Lipinski definition) is 2. The van der Waals surface area contributed by atoms with E-state index in [-0.39, 0.29) is 23.8 Å². The van der Waals surface area contributed by atoms with Crippen LogP contribution in [-0.4, -0.2) is 47.5 Å². The van der Waals surface area contributed by atoms with Crippen LogP contribution in [0.25, 0.3) is 0 Å². The van der Waals surface area contributed by atoms with Crippen molar-refractivity contribution < 1.29 is 14.5 Å². The van der Waals surface area contributed by atoms with Crippen LogP contribution in [0, 0.1) is 10.1 Å². The second-order valence-corrected chi connectivity index (χ2v) is 6.95. The van der Waals surface area contributed by atoms with Crippen LogP contribution in [0.2, 0.25) is 0 Å². The van der Waals surface area contributed by atoms with Crippen molar-refractivity contribution in [2.75, 3.05) is 30.5 Å². The molecule has 0 radical (unpaired) electrons. The van der Waals surface area contributed by atoms with E-state index in [0.29, 0.717) is 5.69 Å². The standard InChI is InChI=1S/C19H22N4O4S/c1-13(19(25)21-14-8-4-6-10-16(14)23(26)27)22(2)12-18(24)20-15-9-5-7-11-17(15)28-3/h4-11,13H,12H2,1-3H3,(H,20,24)(H,21,25)/t13-/m1/s1. The Bertz CT molecular complexity index is 875. The number of hydrogen-bond acceptors (Lipinski definition) is 6. The molecule has 8 nitrogen and oxygen atoms in total. The van der Waals surface area contributed by atoms with E-state index < -0.39 is 16.9 Å². The average Bonchev–Trinajstić information content (AvgIpc) is 2.67. The van der Waals surface area contributed by atoms with Gasteiger partial charge in [-0.1, -0.05) is 24.3 Å². The Morgan fingerprint density at radius 3 is 2.36 bits per heavy atom. The molecule has 0 aromatic heterocycles. The molecule has 2 amide bonds. The number of nitrogens with one attached hydrogen (secondary N) is 2. The summed E-state index contributed by atoms with van der Waals surface area (Å²) >= 11 is 1.52. The van der Waals surface area contributed by atoms with Crippen LogP contribution >= 0.6 is 11.8 Å². The van der Waals surface area contributed by atoms with E-state index >= 15 is 0 Å². The quantitative estimate of drug-likeness (QED) is 0.399. The lowest BCUT2D eigenvalue weighted by Crippen LogP contribution is -2.43. The van der Waals surface area contributed by atoms with E-state index in [4.69, 9.17) is 0 Å². The number of nitro benzene ring substituents is 1. The lowest BCUT2D eigenvalue weighted by molar-refractivity contribution is -0.383. The van der Waals surface area contributed by atoms with Crippen LogP contribution in [0.1, 0.15) is 6.92 Å². The van der Waals surface area contributed by atoms with Gasteiger partial charge in [0.2, 0.25) is 11.8 Å². The number of nitrogens with zero attached hydrogens (tertiary/aromatic N) is 2. The van der Waals surface area contributed by atoms with E-state index in [0.717, 1.165) is 4.90 Å². The number of para-hydroxylation sites is 3. The number of carbonyl (C=O) groups is 2. The highest BCUT2D eigenvalue weighted by molar-refractivity contribution is 7.98. The summed E-state index contributed by atoms with van der Waals surface area (Å²) in [7, 11) is 1.64. The first-order chi connectivity index (χ1) is 13.3. The number of thioether (sulfide) groups is 1.